The number of hydrogen-bond donors (Lipinski definition) is 2. The minimum absolute atomic E-state index is 0.0849. The summed E-state index contributed by atoms with van der Waals surface area (Å²) >= 11 is 0. The van der Waals surface area contributed by atoms with E-state index in [0.717, 1.165) is 103 Å². The third-order valence-electron chi connectivity index (χ3n) is 7.80. The van der Waals surface area contributed by atoms with Crippen LogP contribution >= 0.6 is 7.82 Å². The van der Waals surface area contributed by atoms with E-state index in [4.69, 9.17) is 24.3 Å². The van der Waals surface area contributed by atoms with Crippen molar-refractivity contribution in [3.63, 3.8) is 0 Å². The maximum absolute atomic E-state index is 12.5. The van der Waals surface area contributed by atoms with Gasteiger partial charge in [-0.3, -0.25) is 13.8 Å². The maximum atomic E-state index is 12.5. The molecule has 0 spiro atoms. The summed E-state index contributed by atoms with van der Waals surface area (Å²) in [4.78, 5) is 22.4. The number of rotatable bonds is 37. The molecule has 2 unspecified atom stereocenters. The van der Waals surface area contributed by atoms with Crippen LogP contribution < -0.4 is 5.73 Å². The van der Waals surface area contributed by atoms with Gasteiger partial charge in [0.15, 0.2) is 0 Å². The summed E-state index contributed by atoms with van der Waals surface area (Å²) in [7, 11) is -4.29. The molecule has 0 radical (unpaired) electrons. The Morgan fingerprint density at radius 2 is 1.08 bits per heavy atom. The smallest absolute Gasteiger partial charge is 0.457 e. The Kier molecular flexibility index (Phi) is 38.1. The number of esters is 1. The van der Waals surface area contributed by atoms with Crippen molar-refractivity contribution in [2.45, 2.75) is 148 Å². The van der Waals surface area contributed by atoms with Crippen LogP contribution in [0.3, 0.4) is 0 Å². The highest BCUT2D eigenvalue weighted by Gasteiger charge is 2.25. The molecule has 0 aliphatic rings. The van der Waals surface area contributed by atoms with Crippen molar-refractivity contribution in [3.05, 3.63) is 85.1 Å². The summed E-state index contributed by atoms with van der Waals surface area (Å²) in [6.45, 7) is 4.63. The average molecular weight is 748 g/mol. The molecule has 0 fully saturated rings. The first kappa shape index (κ1) is 49.7. The summed E-state index contributed by atoms with van der Waals surface area (Å²) in [5.41, 5.74) is 5.35. The van der Waals surface area contributed by atoms with Crippen LogP contribution in [0.25, 0.3) is 0 Å². The Labute approximate surface area is 318 Å². The Hall–Kier alpha value is -2.32. The van der Waals surface area contributed by atoms with Crippen LogP contribution in [-0.2, 0) is 27.9 Å². The van der Waals surface area contributed by atoms with Crippen LogP contribution in [0, 0.1) is 0 Å². The topological polar surface area (TPSA) is 117 Å². The first-order valence-corrected chi connectivity index (χ1v) is 21.6. The second-order valence-electron chi connectivity index (χ2n) is 12.8. The zero-order valence-corrected chi connectivity index (χ0v) is 33.7. The molecule has 0 aromatic heterocycles. The van der Waals surface area contributed by atoms with Crippen molar-refractivity contribution >= 4 is 13.8 Å². The van der Waals surface area contributed by atoms with Gasteiger partial charge in [-0.05, 0) is 83.5 Å². The normalized spacial score (nSPS) is 14.5. The highest BCUT2D eigenvalue weighted by molar-refractivity contribution is 7.47. The molecule has 3 N–H and O–H groups in total. The summed E-state index contributed by atoms with van der Waals surface area (Å²) in [6.07, 6.45) is 50.3. The molecule has 0 aromatic rings. The van der Waals surface area contributed by atoms with Crippen molar-refractivity contribution in [1.29, 1.82) is 0 Å². The lowest BCUT2D eigenvalue weighted by atomic mass is 10.1. The second-order valence-corrected chi connectivity index (χ2v) is 14.2. The number of allylic oxidation sites excluding steroid dienone is 14. The number of phosphoric acid groups is 1. The van der Waals surface area contributed by atoms with E-state index in [9.17, 15) is 14.3 Å². The van der Waals surface area contributed by atoms with Crippen LogP contribution in [0.2, 0.25) is 0 Å². The van der Waals surface area contributed by atoms with Gasteiger partial charge in [0.25, 0.3) is 0 Å². The molecule has 0 aliphatic heterocycles. The molecule has 0 saturated heterocycles. The highest BCUT2D eigenvalue weighted by Crippen LogP contribution is 2.43. The van der Waals surface area contributed by atoms with Gasteiger partial charge < -0.3 is 20.1 Å². The van der Waals surface area contributed by atoms with Crippen LogP contribution in [-0.4, -0.2) is 49.9 Å². The molecule has 0 aromatic carbocycles. The third-order valence-corrected chi connectivity index (χ3v) is 8.78. The van der Waals surface area contributed by atoms with Crippen molar-refractivity contribution in [2.24, 2.45) is 5.73 Å². The molecule has 0 heterocycles. The van der Waals surface area contributed by atoms with E-state index in [0.29, 0.717) is 13.0 Å². The molecule has 0 aliphatic carbocycles. The number of hydrogen-bond acceptors (Lipinski definition) is 7. The number of phosphoric ester groups is 1. The lowest BCUT2D eigenvalue weighted by Crippen LogP contribution is -2.28. The van der Waals surface area contributed by atoms with E-state index >= 15 is 0 Å². The fourth-order valence-electron chi connectivity index (χ4n) is 4.86. The fraction of sp³-hybridized carbons (Fsp3) is 0.651. The first-order valence-electron chi connectivity index (χ1n) is 20.1. The zero-order valence-electron chi connectivity index (χ0n) is 32.8. The first-order chi connectivity index (χ1) is 25.4. The van der Waals surface area contributed by atoms with Crippen LogP contribution in [0.4, 0.5) is 0 Å². The molecule has 0 rings (SSSR count). The van der Waals surface area contributed by atoms with E-state index in [1.807, 2.05) is 0 Å². The summed E-state index contributed by atoms with van der Waals surface area (Å²) in [5.74, 6) is -0.358. The molecule has 2 atom stereocenters. The minimum atomic E-state index is -4.29. The second kappa shape index (κ2) is 39.9. The van der Waals surface area contributed by atoms with Gasteiger partial charge in [-0.2, -0.15) is 0 Å². The summed E-state index contributed by atoms with van der Waals surface area (Å²) in [6, 6.07) is 0. The van der Waals surface area contributed by atoms with Gasteiger partial charge in [0.05, 0.1) is 19.8 Å². The van der Waals surface area contributed by atoms with Crippen LogP contribution in [0.5, 0.6) is 0 Å². The van der Waals surface area contributed by atoms with Gasteiger partial charge in [-0.15, -0.1) is 0 Å². The fourth-order valence-corrected chi connectivity index (χ4v) is 5.63. The average Bonchev–Trinajstić information content (AvgIpc) is 3.13. The molecule has 0 saturated carbocycles. The summed E-state index contributed by atoms with van der Waals surface area (Å²) < 4.78 is 33.3. The molecule has 298 valence electrons. The van der Waals surface area contributed by atoms with Gasteiger partial charge >= 0.3 is 13.8 Å². The predicted octanol–water partition coefficient (Wildman–Crippen LogP) is 11.7. The highest BCUT2D eigenvalue weighted by atomic mass is 31.2. The molecule has 52 heavy (non-hydrogen) atoms. The standard InChI is InChI=1S/C43H74NO7P/c1-3-5-7-9-11-13-15-16-17-18-19-20-21-22-23-24-25-27-29-31-33-35-38-48-40-42(41-50-52(46,47)49-39-37-44)51-43(45)36-34-32-30-28-26-14-12-10-8-6-4-2/h5,7,10-13,16-17,19-20,22-23,25,27,42H,3-4,6,8-9,14-15,18,21,24,26,28-41,44H2,1-2H3,(H,46,47)/b7-5-,12-10-,13-11-,17-16-,20-19-,23-22-,27-25-. The van der Waals surface area contributed by atoms with E-state index in [1.54, 1.807) is 0 Å². The number of carbonyl (C=O) groups is 1. The number of unbranched alkanes of at least 4 members (excludes halogenated alkanes) is 10. The van der Waals surface area contributed by atoms with E-state index in [1.165, 1.54) is 19.3 Å². The monoisotopic (exact) mass is 748 g/mol. The Bertz CT molecular complexity index is 1060. The molecule has 0 amide bonds. The number of ether oxygens (including phenoxy) is 2. The molecule has 8 nitrogen and oxygen atoms in total. The van der Waals surface area contributed by atoms with E-state index < -0.39 is 13.9 Å². The molecule has 9 heteroatoms. The molecular weight excluding hydrogens is 673 g/mol. The van der Waals surface area contributed by atoms with E-state index in [2.05, 4.69) is 98.9 Å². The lowest BCUT2D eigenvalue weighted by Gasteiger charge is -2.20. The van der Waals surface area contributed by atoms with E-state index in [-0.39, 0.29) is 32.3 Å². The van der Waals surface area contributed by atoms with Gasteiger partial charge in [-0.25, -0.2) is 4.57 Å². The van der Waals surface area contributed by atoms with Crippen molar-refractivity contribution in [1.82, 2.24) is 0 Å². The third kappa shape index (κ3) is 38.9. The quantitative estimate of drug-likeness (QED) is 0.0279. The van der Waals surface area contributed by atoms with Crippen LogP contribution in [0.15, 0.2) is 85.1 Å². The van der Waals surface area contributed by atoms with Gasteiger partial charge in [0.1, 0.15) is 6.10 Å². The van der Waals surface area contributed by atoms with Gasteiger partial charge in [0, 0.05) is 19.6 Å². The van der Waals surface area contributed by atoms with Crippen molar-refractivity contribution in [3.8, 4) is 0 Å². The predicted molar refractivity (Wildman–Crippen MR) is 219 cm³/mol. The van der Waals surface area contributed by atoms with Crippen LogP contribution in [0.1, 0.15) is 142 Å². The Morgan fingerprint density at radius 3 is 1.63 bits per heavy atom. The summed E-state index contributed by atoms with van der Waals surface area (Å²) in [5, 5.41) is 0. The zero-order chi connectivity index (χ0) is 38.1. The SMILES string of the molecule is CC/C=C\C/C=C\C/C=C\C/C=C\C/C=C\C/C=C\CCCCCOCC(COP(=O)(O)OCCN)OC(=O)CCCCCCC/C=C\CCCC. The minimum Gasteiger partial charge on any atom is -0.457 e. The number of nitrogens with two attached hydrogens (primary N) is 1. The molecule has 0 bridgehead atoms. The molecular formula is C43H74NO7P. The number of carbonyl (C=O) groups excluding carboxylic acids is 1. The van der Waals surface area contributed by atoms with Crippen molar-refractivity contribution in [2.75, 3.05) is 33.0 Å². The maximum Gasteiger partial charge on any atom is 0.472 e. The van der Waals surface area contributed by atoms with Gasteiger partial charge in [-0.1, -0.05) is 137 Å². The van der Waals surface area contributed by atoms with Crippen molar-refractivity contribution < 1.29 is 32.8 Å². The lowest BCUT2D eigenvalue weighted by molar-refractivity contribution is -0.154. The Balaban J connectivity index is 4.14. The van der Waals surface area contributed by atoms with Gasteiger partial charge in [0.2, 0.25) is 0 Å². The largest absolute Gasteiger partial charge is 0.472 e. The Morgan fingerprint density at radius 1 is 0.596 bits per heavy atom.